The van der Waals surface area contributed by atoms with Gasteiger partial charge in [-0.05, 0) is 29.8 Å². The Kier molecular flexibility index (Phi) is 5.57. The normalized spacial score (nSPS) is 12.3. The number of ether oxygens (including phenoxy) is 1. The van der Waals surface area contributed by atoms with Gasteiger partial charge in [-0.1, -0.05) is 12.1 Å². The molecule has 126 valence electrons. The molecule has 1 atom stereocenters. The lowest BCUT2D eigenvalue weighted by molar-refractivity contribution is -0.274. The van der Waals surface area contributed by atoms with Gasteiger partial charge in [0.1, 0.15) is 5.75 Å². The van der Waals surface area contributed by atoms with Crippen molar-refractivity contribution < 1.29 is 33.2 Å². The largest absolute Gasteiger partial charge is 0.573 e. The first-order valence-electron chi connectivity index (χ1n) is 6.04. The Labute approximate surface area is 135 Å². The second-order valence-electron chi connectivity index (χ2n) is 4.47. The molecule has 5 N–H and O–H groups in total. The van der Waals surface area contributed by atoms with Gasteiger partial charge in [0.05, 0.1) is 6.04 Å². The number of rotatable bonds is 3. The summed E-state index contributed by atoms with van der Waals surface area (Å²) in [7, 11) is 0. The summed E-state index contributed by atoms with van der Waals surface area (Å²) in [5, 5.41) is 28.5. The van der Waals surface area contributed by atoms with Gasteiger partial charge in [-0.25, -0.2) is 0 Å². The lowest BCUT2D eigenvalue weighted by atomic mass is 9.98. The predicted octanol–water partition coefficient (Wildman–Crippen LogP) is 3.17. The minimum atomic E-state index is -4.79. The lowest BCUT2D eigenvalue weighted by Gasteiger charge is -2.16. The molecule has 5 nitrogen and oxygen atoms in total. The smallest absolute Gasteiger partial charge is 0.504 e. The van der Waals surface area contributed by atoms with E-state index in [0.717, 1.165) is 18.2 Å². The third kappa shape index (κ3) is 4.33. The van der Waals surface area contributed by atoms with Crippen molar-refractivity contribution in [2.24, 2.45) is 5.73 Å². The van der Waals surface area contributed by atoms with Crippen molar-refractivity contribution in [1.29, 1.82) is 0 Å². The molecule has 0 heterocycles. The fourth-order valence-corrected chi connectivity index (χ4v) is 1.89. The van der Waals surface area contributed by atoms with Crippen LogP contribution in [0, 0.1) is 0 Å². The number of phenols is 3. The zero-order valence-corrected chi connectivity index (χ0v) is 12.2. The van der Waals surface area contributed by atoms with Gasteiger partial charge in [-0.3, -0.25) is 0 Å². The van der Waals surface area contributed by atoms with Crippen molar-refractivity contribution in [3.63, 3.8) is 0 Å². The minimum Gasteiger partial charge on any atom is -0.504 e. The number of benzene rings is 2. The molecule has 2 rings (SSSR count). The van der Waals surface area contributed by atoms with Crippen LogP contribution in [0.2, 0.25) is 0 Å². The van der Waals surface area contributed by atoms with E-state index in [1.165, 1.54) is 18.2 Å². The third-order valence-corrected chi connectivity index (χ3v) is 2.97. The summed E-state index contributed by atoms with van der Waals surface area (Å²) in [6, 6.07) is 6.30. The SMILES string of the molecule is Cl.N[C@H](c1ccc(OC(F)(F)F)cc1)c1ccc(O)c(O)c1O. The molecule has 0 saturated heterocycles. The first-order valence-corrected chi connectivity index (χ1v) is 6.04. The molecule has 23 heavy (non-hydrogen) atoms. The van der Waals surface area contributed by atoms with Crippen molar-refractivity contribution in [2.45, 2.75) is 12.4 Å². The topological polar surface area (TPSA) is 95.9 Å². The van der Waals surface area contributed by atoms with Crippen LogP contribution in [0.4, 0.5) is 13.2 Å². The Morgan fingerprint density at radius 1 is 0.913 bits per heavy atom. The number of hydrogen-bond acceptors (Lipinski definition) is 5. The molecule has 0 saturated carbocycles. The fourth-order valence-electron chi connectivity index (χ4n) is 1.89. The quantitative estimate of drug-likeness (QED) is 0.637. The van der Waals surface area contributed by atoms with Crippen LogP contribution in [0.25, 0.3) is 0 Å². The summed E-state index contributed by atoms with van der Waals surface area (Å²) in [5.41, 5.74) is 6.39. The number of alkyl halides is 3. The zero-order valence-electron chi connectivity index (χ0n) is 11.4. The van der Waals surface area contributed by atoms with E-state index in [0.29, 0.717) is 5.56 Å². The molecule has 9 heteroatoms. The van der Waals surface area contributed by atoms with E-state index in [4.69, 9.17) is 5.73 Å². The summed E-state index contributed by atoms with van der Waals surface area (Å²) in [5.74, 6) is -2.23. The average molecular weight is 352 g/mol. The Hall–Kier alpha value is -2.32. The van der Waals surface area contributed by atoms with Crippen molar-refractivity contribution in [2.75, 3.05) is 0 Å². The molecule has 0 aliphatic carbocycles. The molecule has 0 aromatic heterocycles. The second kappa shape index (κ2) is 6.84. The van der Waals surface area contributed by atoms with Crippen LogP contribution in [0.1, 0.15) is 17.2 Å². The number of phenolic OH excluding ortho intramolecular Hbond substituents is 3. The Balaban J connectivity index is 0.00000264. The summed E-state index contributed by atoms with van der Waals surface area (Å²) in [6.07, 6.45) is -4.79. The molecule has 0 radical (unpaired) electrons. The summed E-state index contributed by atoms with van der Waals surface area (Å²) in [4.78, 5) is 0. The standard InChI is InChI=1S/C14H12F3NO4.ClH/c15-14(16,17)22-8-3-1-7(2-4-8)11(18)9-5-6-10(19)13(21)12(9)20;/h1-6,11,19-21H,18H2;1H/t11-;/m1./s1. The molecular weight excluding hydrogens is 339 g/mol. The first-order chi connectivity index (χ1) is 10.2. The monoisotopic (exact) mass is 351 g/mol. The maximum atomic E-state index is 12.1. The van der Waals surface area contributed by atoms with Gasteiger partial charge in [-0.15, -0.1) is 25.6 Å². The fraction of sp³-hybridized carbons (Fsp3) is 0.143. The van der Waals surface area contributed by atoms with Gasteiger partial charge in [0.25, 0.3) is 0 Å². The Morgan fingerprint density at radius 3 is 2.00 bits per heavy atom. The van der Waals surface area contributed by atoms with Gasteiger partial charge < -0.3 is 25.8 Å². The molecule has 0 unspecified atom stereocenters. The third-order valence-electron chi connectivity index (χ3n) is 2.97. The predicted molar refractivity (Wildman–Crippen MR) is 77.8 cm³/mol. The molecule has 0 fully saturated rings. The number of hydrogen-bond donors (Lipinski definition) is 4. The molecule has 2 aromatic rings. The number of nitrogens with two attached hydrogens (primary N) is 1. The number of halogens is 4. The Morgan fingerprint density at radius 2 is 1.48 bits per heavy atom. The van der Waals surface area contributed by atoms with Crippen LogP contribution < -0.4 is 10.5 Å². The van der Waals surface area contributed by atoms with Crippen LogP contribution in [0.5, 0.6) is 23.0 Å². The lowest BCUT2D eigenvalue weighted by Crippen LogP contribution is -2.17. The molecule has 0 aliphatic heterocycles. The van der Waals surface area contributed by atoms with Gasteiger partial charge in [0.2, 0.25) is 5.75 Å². The maximum absolute atomic E-state index is 12.1. The van der Waals surface area contributed by atoms with E-state index in [-0.39, 0.29) is 18.0 Å². The number of aromatic hydroxyl groups is 3. The summed E-state index contributed by atoms with van der Waals surface area (Å²) >= 11 is 0. The molecule has 2 aromatic carbocycles. The van der Waals surface area contributed by atoms with E-state index in [2.05, 4.69) is 4.74 Å². The zero-order chi connectivity index (χ0) is 16.5. The highest BCUT2D eigenvalue weighted by molar-refractivity contribution is 5.85. The first kappa shape index (κ1) is 18.7. The highest BCUT2D eigenvalue weighted by atomic mass is 35.5. The average Bonchev–Trinajstić information content (AvgIpc) is 2.43. The van der Waals surface area contributed by atoms with Crippen molar-refractivity contribution in [3.05, 3.63) is 47.5 Å². The highest BCUT2D eigenvalue weighted by Gasteiger charge is 2.31. The van der Waals surface area contributed by atoms with Gasteiger partial charge in [0.15, 0.2) is 11.5 Å². The second-order valence-corrected chi connectivity index (χ2v) is 4.47. The van der Waals surface area contributed by atoms with Gasteiger partial charge >= 0.3 is 6.36 Å². The van der Waals surface area contributed by atoms with Crippen LogP contribution >= 0.6 is 12.4 Å². The Bertz CT molecular complexity index is 677. The van der Waals surface area contributed by atoms with E-state index in [1.807, 2.05) is 0 Å². The molecule has 0 amide bonds. The molecule has 0 aliphatic rings. The van der Waals surface area contributed by atoms with Crippen LogP contribution in [-0.2, 0) is 0 Å². The summed E-state index contributed by atoms with van der Waals surface area (Å²) < 4.78 is 39.9. The van der Waals surface area contributed by atoms with Crippen LogP contribution in [-0.4, -0.2) is 21.7 Å². The van der Waals surface area contributed by atoms with Gasteiger partial charge in [0, 0.05) is 5.56 Å². The molecular formula is C14H13ClF3NO4. The van der Waals surface area contributed by atoms with E-state index in [1.54, 1.807) is 0 Å². The van der Waals surface area contributed by atoms with E-state index in [9.17, 15) is 28.5 Å². The van der Waals surface area contributed by atoms with Crippen molar-refractivity contribution in [3.8, 4) is 23.0 Å². The van der Waals surface area contributed by atoms with Crippen molar-refractivity contribution >= 4 is 12.4 Å². The van der Waals surface area contributed by atoms with E-state index < -0.39 is 35.4 Å². The van der Waals surface area contributed by atoms with Crippen LogP contribution in [0.15, 0.2) is 36.4 Å². The molecule has 0 bridgehead atoms. The minimum absolute atomic E-state index is 0. The molecule has 0 spiro atoms. The van der Waals surface area contributed by atoms with Crippen LogP contribution in [0.3, 0.4) is 0 Å². The van der Waals surface area contributed by atoms with E-state index >= 15 is 0 Å². The maximum Gasteiger partial charge on any atom is 0.573 e. The summed E-state index contributed by atoms with van der Waals surface area (Å²) in [6.45, 7) is 0. The highest BCUT2D eigenvalue weighted by Crippen LogP contribution is 2.40. The van der Waals surface area contributed by atoms with Crippen molar-refractivity contribution in [1.82, 2.24) is 0 Å². The van der Waals surface area contributed by atoms with Gasteiger partial charge in [-0.2, -0.15) is 0 Å².